The summed E-state index contributed by atoms with van der Waals surface area (Å²) in [5, 5.41) is 6.81. The number of aromatic nitrogens is 1. The molecule has 1 aromatic heterocycles. The summed E-state index contributed by atoms with van der Waals surface area (Å²) in [5.74, 6) is 0. The summed E-state index contributed by atoms with van der Waals surface area (Å²) < 4.78 is 0. The van der Waals surface area contributed by atoms with Crippen LogP contribution in [0.2, 0.25) is 0 Å². The molecule has 0 amide bonds. The van der Waals surface area contributed by atoms with Crippen LogP contribution in [0, 0.1) is 0 Å². The molecule has 0 radical (unpaired) electrons. The Balaban J connectivity index is 2.43. The van der Waals surface area contributed by atoms with Gasteiger partial charge in [0.05, 0.1) is 0 Å². The predicted octanol–water partition coefficient (Wildman–Crippen LogP) is 1.88. The van der Waals surface area contributed by atoms with Gasteiger partial charge in [-0.2, -0.15) is 0 Å². The third kappa shape index (κ3) is 3.65. The molecule has 1 heterocycles. The van der Waals surface area contributed by atoms with Crippen LogP contribution in [0.4, 0.5) is 0 Å². The van der Waals surface area contributed by atoms with Crippen LogP contribution in [-0.2, 0) is 5.41 Å². The van der Waals surface area contributed by atoms with Crippen LogP contribution in [0.3, 0.4) is 0 Å². The van der Waals surface area contributed by atoms with E-state index in [1.807, 2.05) is 13.2 Å². The van der Waals surface area contributed by atoms with Crippen LogP contribution in [-0.4, -0.2) is 30.7 Å². The Hall–Kier alpha value is -0.800. The van der Waals surface area contributed by atoms with Crippen molar-refractivity contribution >= 4 is 0 Å². The minimum atomic E-state index is 0.145. The van der Waals surface area contributed by atoms with E-state index in [9.17, 15) is 0 Å². The first-order valence-electron chi connectivity index (χ1n) is 5.91. The third-order valence-electron chi connectivity index (χ3n) is 3.14. The largest absolute Gasteiger partial charge is 0.365 e. The second-order valence-electron chi connectivity index (χ2n) is 5.71. The summed E-state index contributed by atoms with van der Waals surface area (Å²) in [6.45, 7) is 10.8. The van der Waals surface area contributed by atoms with Crippen LogP contribution in [0.1, 0.15) is 33.4 Å². The molecule has 0 saturated carbocycles. The number of hydrogen-bond donors (Lipinski definition) is 3. The van der Waals surface area contributed by atoms with Crippen molar-refractivity contribution < 1.29 is 0 Å². The highest BCUT2D eigenvalue weighted by Crippen LogP contribution is 2.20. The molecular weight excluding hydrogens is 198 g/mol. The van der Waals surface area contributed by atoms with Crippen LogP contribution in [0.15, 0.2) is 18.3 Å². The van der Waals surface area contributed by atoms with Crippen LogP contribution >= 0.6 is 0 Å². The minimum absolute atomic E-state index is 0.145. The van der Waals surface area contributed by atoms with E-state index in [0.29, 0.717) is 0 Å². The maximum absolute atomic E-state index is 3.52. The third-order valence-corrected chi connectivity index (χ3v) is 3.14. The van der Waals surface area contributed by atoms with Gasteiger partial charge in [0.15, 0.2) is 0 Å². The lowest BCUT2D eigenvalue weighted by Gasteiger charge is -2.29. The van der Waals surface area contributed by atoms with E-state index in [2.05, 4.69) is 55.4 Å². The maximum Gasteiger partial charge on any atom is 0.0246 e. The zero-order valence-electron chi connectivity index (χ0n) is 11.1. The SMILES string of the molecule is CNC(C)(C)CNCC(C)(C)c1ccc[nH]1. The summed E-state index contributed by atoms with van der Waals surface area (Å²) in [7, 11) is 2.00. The van der Waals surface area contributed by atoms with Crippen LogP contribution in [0.5, 0.6) is 0 Å². The van der Waals surface area contributed by atoms with E-state index in [-0.39, 0.29) is 11.0 Å². The van der Waals surface area contributed by atoms with Gasteiger partial charge >= 0.3 is 0 Å². The van der Waals surface area contributed by atoms with Crippen LogP contribution in [0.25, 0.3) is 0 Å². The molecule has 0 atom stereocenters. The van der Waals surface area contributed by atoms with Gasteiger partial charge < -0.3 is 15.6 Å². The summed E-state index contributed by atoms with van der Waals surface area (Å²) in [6.07, 6.45) is 1.98. The molecule has 0 aliphatic carbocycles. The number of hydrogen-bond acceptors (Lipinski definition) is 2. The van der Waals surface area contributed by atoms with Crippen molar-refractivity contribution in [1.29, 1.82) is 0 Å². The van der Waals surface area contributed by atoms with Gasteiger partial charge in [0.1, 0.15) is 0 Å². The highest BCUT2D eigenvalue weighted by atomic mass is 15.0. The van der Waals surface area contributed by atoms with E-state index in [1.165, 1.54) is 5.69 Å². The molecule has 1 rings (SSSR count). The average molecular weight is 223 g/mol. The second kappa shape index (κ2) is 5.02. The molecule has 16 heavy (non-hydrogen) atoms. The van der Waals surface area contributed by atoms with Crippen molar-refractivity contribution in [2.45, 2.75) is 38.6 Å². The molecule has 0 aliphatic rings. The molecule has 92 valence electrons. The smallest absolute Gasteiger partial charge is 0.0246 e. The Morgan fingerprint density at radius 2 is 1.88 bits per heavy atom. The summed E-state index contributed by atoms with van der Waals surface area (Å²) >= 11 is 0. The number of rotatable bonds is 6. The van der Waals surface area contributed by atoms with Crippen molar-refractivity contribution in [3.63, 3.8) is 0 Å². The van der Waals surface area contributed by atoms with Gasteiger partial charge in [-0.05, 0) is 33.0 Å². The highest BCUT2D eigenvalue weighted by Gasteiger charge is 2.22. The normalized spacial score (nSPS) is 13.1. The fourth-order valence-corrected chi connectivity index (χ4v) is 1.62. The summed E-state index contributed by atoms with van der Waals surface area (Å²) in [5.41, 5.74) is 1.57. The van der Waals surface area contributed by atoms with Gasteiger partial charge in [0, 0.05) is 35.9 Å². The molecule has 3 heteroatoms. The molecule has 0 aromatic carbocycles. The molecule has 3 N–H and O–H groups in total. The second-order valence-corrected chi connectivity index (χ2v) is 5.71. The topological polar surface area (TPSA) is 39.8 Å². The molecule has 0 saturated heterocycles. The van der Waals surface area contributed by atoms with Crippen molar-refractivity contribution in [2.75, 3.05) is 20.1 Å². The van der Waals surface area contributed by atoms with Gasteiger partial charge in [0.25, 0.3) is 0 Å². The van der Waals surface area contributed by atoms with Gasteiger partial charge in [-0.3, -0.25) is 0 Å². The maximum atomic E-state index is 3.52. The molecule has 0 unspecified atom stereocenters. The Kier molecular flexibility index (Phi) is 4.16. The van der Waals surface area contributed by atoms with Gasteiger partial charge in [0.2, 0.25) is 0 Å². The molecular formula is C13H25N3. The number of H-pyrrole nitrogens is 1. The summed E-state index contributed by atoms with van der Waals surface area (Å²) in [6, 6.07) is 4.19. The Morgan fingerprint density at radius 3 is 2.38 bits per heavy atom. The lowest BCUT2D eigenvalue weighted by Crippen LogP contribution is -2.48. The van der Waals surface area contributed by atoms with Gasteiger partial charge in [-0.15, -0.1) is 0 Å². The first-order chi connectivity index (χ1) is 7.37. The van der Waals surface area contributed by atoms with Gasteiger partial charge in [-0.25, -0.2) is 0 Å². The Morgan fingerprint density at radius 1 is 1.19 bits per heavy atom. The minimum Gasteiger partial charge on any atom is -0.365 e. The molecule has 1 aromatic rings. The quantitative estimate of drug-likeness (QED) is 0.689. The van der Waals surface area contributed by atoms with Crippen molar-refractivity contribution in [3.8, 4) is 0 Å². The van der Waals surface area contributed by atoms with Gasteiger partial charge in [-0.1, -0.05) is 13.8 Å². The van der Waals surface area contributed by atoms with E-state index in [1.54, 1.807) is 0 Å². The average Bonchev–Trinajstić information content (AvgIpc) is 2.70. The number of aromatic amines is 1. The molecule has 0 aliphatic heterocycles. The Labute approximate surface area is 99.0 Å². The predicted molar refractivity (Wildman–Crippen MR) is 69.8 cm³/mol. The van der Waals surface area contributed by atoms with Crippen molar-refractivity contribution in [3.05, 3.63) is 24.0 Å². The van der Waals surface area contributed by atoms with Crippen molar-refractivity contribution in [2.24, 2.45) is 0 Å². The first-order valence-corrected chi connectivity index (χ1v) is 5.91. The van der Waals surface area contributed by atoms with Crippen LogP contribution < -0.4 is 10.6 Å². The van der Waals surface area contributed by atoms with E-state index < -0.39 is 0 Å². The molecule has 3 nitrogen and oxygen atoms in total. The number of nitrogens with one attached hydrogen (secondary N) is 3. The van der Waals surface area contributed by atoms with E-state index in [4.69, 9.17) is 0 Å². The Bertz CT molecular complexity index is 299. The lowest BCUT2D eigenvalue weighted by atomic mass is 9.89. The van der Waals surface area contributed by atoms with E-state index >= 15 is 0 Å². The van der Waals surface area contributed by atoms with Crippen molar-refractivity contribution in [1.82, 2.24) is 15.6 Å². The number of likely N-dealkylation sites (N-methyl/N-ethyl adjacent to an activating group) is 1. The molecule has 0 bridgehead atoms. The standard InChI is InChI=1S/C13H25N3/c1-12(2,11-7-6-8-16-11)9-15-10-13(3,4)14-5/h6-8,14-16H,9-10H2,1-5H3. The first kappa shape index (κ1) is 13.3. The zero-order valence-corrected chi connectivity index (χ0v) is 11.1. The monoisotopic (exact) mass is 223 g/mol. The lowest BCUT2D eigenvalue weighted by molar-refractivity contribution is 0.365. The fourth-order valence-electron chi connectivity index (χ4n) is 1.62. The summed E-state index contributed by atoms with van der Waals surface area (Å²) in [4.78, 5) is 3.28. The molecule has 0 spiro atoms. The zero-order chi connectivity index (χ0) is 12.2. The highest BCUT2D eigenvalue weighted by molar-refractivity contribution is 5.15. The molecule has 0 fully saturated rings. The van der Waals surface area contributed by atoms with E-state index in [0.717, 1.165) is 13.1 Å². The fraction of sp³-hybridized carbons (Fsp3) is 0.692.